The van der Waals surface area contributed by atoms with Crippen LogP contribution < -0.4 is 10.5 Å². The Hall–Kier alpha value is -2.60. The Morgan fingerprint density at radius 3 is 2.52 bits per heavy atom. The number of fused-ring (bicyclic) bond motifs is 1. The first-order valence-electron chi connectivity index (χ1n) is 9.01. The second kappa shape index (κ2) is 8.39. The van der Waals surface area contributed by atoms with Gasteiger partial charge in [-0.2, -0.15) is 0 Å². The highest BCUT2D eigenvalue weighted by Crippen LogP contribution is 2.25. The third-order valence-electron chi connectivity index (χ3n) is 4.38. The lowest BCUT2D eigenvalue weighted by Crippen LogP contribution is -2.34. The van der Waals surface area contributed by atoms with E-state index in [0.717, 1.165) is 12.1 Å². The molecule has 0 saturated heterocycles. The van der Waals surface area contributed by atoms with Gasteiger partial charge in [0.05, 0.1) is 16.2 Å². The van der Waals surface area contributed by atoms with Crippen LogP contribution in [0.2, 0.25) is 0 Å². The molecule has 5 nitrogen and oxygen atoms in total. The summed E-state index contributed by atoms with van der Waals surface area (Å²) in [6.07, 6.45) is 0.819. The molecule has 0 aliphatic rings. The van der Waals surface area contributed by atoms with Crippen molar-refractivity contribution in [3.05, 3.63) is 65.0 Å². The van der Waals surface area contributed by atoms with Crippen molar-refractivity contribution in [1.29, 1.82) is 0 Å². The fourth-order valence-electron chi connectivity index (χ4n) is 2.92. The van der Waals surface area contributed by atoms with Crippen molar-refractivity contribution >= 4 is 34.3 Å². The fourth-order valence-corrected chi connectivity index (χ4v) is 3.95. The van der Waals surface area contributed by atoms with Crippen LogP contribution >= 0.6 is 11.8 Å². The maximum absolute atomic E-state index is 12.9. The number of nitrogens with zero attached hydrogens (tertiary/aromatic N) is 3. The average molecular weight is 382 g/mol. The van der Waals surface area contributed by atoms with E-state index in [0.29, 0.717) is 22.6 Å². The Balaban J connectivity index is 1.92. The summed E-state index contributed by atoms with van der Waals surface area (Å²) in [5.41, 5.74) is 1.45. The topological polar surface area (TPSA) is 55.2 Å². The number of aromatic nitrogens is 2. The maximum Gasteiger partial charge on any atom is 0.262 e. The van der Waals surface area contributed by atoms with E-state index in [1.165, 1.54) is 11.8 Å². The van der Waals surface area contributed by atoms with E-state index < -0.39 is 0 Å². The Bertz CT molecular complexity index is 1000. The minimum Gasteiger partial charge on any atom is -0.315 e. The van der Waals surface area contributed by atoms with Crippen molar-refractivity contribution in [2.24, 2.45) is 0 Å². The number of rotatable bonds is 6. The largest absolute Gasteiger partial charge is 0.315 e. The molecular weight excluding hydrogens is 358 g/mol. The standard InChI is InChI=1S/C21H23N3O2S/c1-4-14-24-20(26)17-12-8-9-13-18(17)22-21(24)27-15(2)19(25)23(3)16-10-6-5-7-11-16/h5-13,15H,4,14H2,1-3H3/t15-/m1/s1. The molecule has 0 radical (unpaired) electrons. The van der Waals surface area contributed by atoms with Gasteiger partial charge in [-0.05, 0) is 37.6 Å². The Kier molecular flexibility index (Phi) is 5.96. The zero-order chi connectivity index (χ0) is 19.4. The molecule has 3 aromatic rings. The van der Waals surface area contributed by atoms with Gasteiger partial charge in [-0.15, -0.1) is 0 Å². The summed E-state index contributed by atoms with van der Waals surface area (Å²) in [7, 11) is 1.77. The molecule has 0 bridgehead atoms. The fraction of sp³-hybridized carbons (Fsp3) is 0.286. The monoisotopic (exact) mass is 381 g/mol. The number of anilines is 1. The van der Waals surface area contributed by atoms with Gasteiger partial charge in [-0.25, -0.2) is 4.98 Å². The van der Waals surface area contributed by atoms with Crippen molar-refractivity contribution in [3.63, 3.8) is 0 Å². The minimum atomic E-state index is -0.369. The first-order chi connectivity index (χ1) is 13.0. The molecule has 0 saturated carbocycles. The first kappa shape index (κ1) is 19.2. The van der Waals surface area contributed by atoms with Gasteiger partial charge in [0.25, 0.3) is 5.56 Å². The molecule has 1 heterocycles. The number of amides is 1. The molecule has 0 unspecified atom stereocenters. The van der Waals surface area contributed by atoms with Gasteiger partial charge in [0, 0.05) is 19.3 Å². The summed E-state index contributed by atoms with van der Waals surface area (Å²) in [5.74, 6) is -0.0309. The minimum absolute atomic E-state index is 0.0309. The number of hydrogen-bond acceptors (Lipinski definition) is 4. The van der Waals surface area contributed by atoms with E-state index in [-0.39, 0.29) is 16.7 Å². The number of benzene rings is 2. The summed E-state index contributed by atoms with van der Waals surface area (Å²) >= 11 is 1.33. The molecule has 0 spiro atoms. The molecule has 2 aromatic carbocycles. The lowest BCUT2D eigenvalue weighted by Gasteiger charge is -2.22. The molecule has 0 aliphatic heterocycles. The van der Waals surface area contributed by atoms with Gasteiger partial charge >= 0.3 is 0 Å². The smallest absolute Gasteiger partial charge is 0.262 e. The van der Waals surface area contributed by atoms with E-state index >= 15 is 0 Å². The average Bonchev–Trinajstić information content (AvgIpc) is 2.70. The molecule has 140 valence electrons. The predicted octanol–water partition coefficient (Wildman–Crippen LogP) is 3.95. The number of thioether (sulfide) groups is 1. The van der Waals surface area contributed by atoms with Crippen LogP contribution in [0.1, 0.15) is 20.3 Å². The molecule has 1 aromatic heterocycles. The molecule has 0 N–H and O–H groups in total. The van der Waals surface area contributed by atoms with Crippen molar-refractivity contribution < 1.29 is 4.79 Å². The van der Waals surface area contributed by atoms with Crippen molar-refractivity contribution in [3.8, 4) is 0 Å². The van der Waals surface area contributed by atoms with E-state index in [1.807, 2.05) is 62.4 Å². The van der Waals surface area contributed by atoms with Gasteiger partial charge in [0.1, 0.15) is 0 Å². The van der Waals surface area contributed by atoms with Gasteiger partial charge in [0.2, 0.25) is 5.91 Å². The van der Waals surface area contributed by atoms with E-state index in [9.17, 15) is 9.59 Å². The van der Waals surface area contributed by atoms with Crippen molar-refractivity contribution in [1.82, 2.24) is 9.55 Å². The highest BCUT2D eigenvalue weighted by Gasteiger charge is 2.22. The summed E-state index contributed by atoms with van der Waals surface area (Å²) < 4.78 is 1.68. The van der Waals surface area contributed by atoms with Gasteiger partial charge in [-0.1, -0.05) is 49.0 Å². The molecule has 3 rings (SSSR count). The Morgan fingerprint density at radius 2 is 1.81 bits per heavy atom. The van der Waals surface area contributed by atoms with Crippen LogP contribution in [0, 0.1) is 0 Å². The van der Waals surface area contributed by atoms with Crippen molar-refractivity contribution in [2.75, 3.05) is 11.9 Å². The molecular formula is C21H23N3O2S. The molecule has 1 atom stereocenters. The third-order valence-corrected chi connectivity index (χ3v) is 5.46. The SMILES string of the molecule is CCCn1c(S[C@H](C)C(=O)N(C)c2ccccc2)nc2ccccc2c1=O. The number of carbonyl (C=O) groups is 1. The van der Waals surface area contributed by atoms with Crippen LogP contribution in [-0.2, 0) is 11.3 Å². The van der Waals surface area contributed by atoms with Crippen LogP contribution in [0.15, 0.2) is 64.5 Å². The second-order valence-corrected chi connectivity index (χ2v) is 7.67. The van der Waals surface area contributed by atoms with Crippen molar-refractivity contribution in [2.45, 2.75) is 37.2 Å². The molecule has 0 aliphatic carbocycles. The number of hydrogen-bond donors (Lipinski definition) is 0. The lowest BCUT2D eigenvalue weighted by molar-refractivity contribution is -0.117. The lowest BCUT2D eigenvalue weighted by atomic mass is 10.2. The summed E-state index contributed by atoms with van der Waals surface area (Å²) in [6, 6.07) is 16.9. The quantitative estimate of drug-likeness (QED) is 0.479. The van der Waals surface area contributed by atoms with Crippen LogP contribution in [0.4, 0.5) is 5.69 Å². The van der Waals surface area contributed by atoms with E-state index in [2.05, 4.69) is 4.98 Å². The summed E-state index contributed by atoms with van der Waals surface area (Å²) in [6.45, 7) is 4.45. The molecule has 1 amide bonds. The zero-order valence-corrected chi connectivity index (χ0v) is 16.6. The normalized spacial score (nSPS) is 12.1. The van der Waals surface area contributed by atoms with Crippen LogP contribution in [0.3, 0.4) is 0 Å². The Labute approximate surface area is 163 Å². The van der Waals surface area contributed by atoms with E-state index in [1.54, 1.807) is 22.6 Å². The molecule has 6 heteroatoms. The van der Waals surface area contributed by atoms with Crippen LogP contribution in [0.5, 0.6) is 0 Å². The van der Waals surface area contributed by atoms with E-state index in [4.69, 9.17) is 0 Å². The number of carbonyl (C=O) groups excluding carboxylic acids is 1. The highest BCUT2D eigenvalue weighted by atomic mass is 32.2. The maximum atomic E-state index is 12.9. The zero-order valence-electron chi connectivity index (χ0n) is 15.8. The molecule has 0 fully saturated rings. The molecule has 27 heavy (non-hydrogen) atoms. The second-order valence-electron chi connectivity index (χ2n) is 6.36. The van der Waals surface area contributed by atoms with Crippen LogP contribution in [-0.4, -0.2) is 27.8 Å². The Morgan fingerprint density at radius 1 is 1.15 bits per heavy atom. The van der Waals surface area contributed by atoms with Gasteiger partial charge in [0.15, 0.2) is 5.16 Å². The third kappa shape index (κ3) is 4.06. The number of para-hydroxylation sites is 2. The summed E-state index contributed by atoms with van der Waals surface area (Å²) in [4.78, 5) is 32.0. The highest BCUT2D eigenvalue weighted by molar-refractivity contribution is 8.00. The predicted molar refractivity (Wildman–Crippen MR) is 111 cm³/mol. The first-order valence-corrected chi connectivity index (χ1v) is 9.89. The van der Waals surface area contributed by atoms with Crippen LogP contribution in [0.25, 0.3) is 10.9 Å². The van der Waals surface area contributed by atoms with Gasteiger partial charge in [-0.3, -0.25) is 14.2 Å². The summed E-state index contributed by atoms with van der Waals surface area (Å²) in [5, 5.41) is 0.824. The van der Waals surface area contributed by atoms with Gasteiger partial charge < -0.3 is 4.90 Å².